The van der Waals surface area contributed by atoms with Crippen LogP contribution in [0.4, 0.5) is 0 Å². The minimum Gasteiger partial charge on any atom is -0.0988 e. The smallest absolute Gasteiger partial charge is 0.0278 e. The average Bonchev–Trinajstić information content (AvgIpc) is 3.34. The van der Waals surface area contributed by atoms with Crippen LogP contribution in [-0.4, -0.2) is 0 Å². The zero-order chi connectivity index (χ0) is 32.1. The van der Waals surface area contributed by atoms with E-state index in [2.05, 4.69) is 105 Å². The maximum absolute atomic E-state index is 5.95. The number of allylic oxidation sites excluding steroid dienone is 13. The summed E-state index contributed by atoms with van der Waals surface area (Å²) >= 11 is 5.95. The standard InChI is InChI=1S/C13H20.C8H11Cl.C6H12.5C2H6/c1-6-10-13(9-4)11(5)12(7-2)8-3;1-3-7-5-4-6(2)8(7)9;1-4-6(3)5-2;5*1-2/h6-11H,2H2,1,3-5H3;4-5,7H,3H2,1-2H3;4H,5H2,1-3H3;5*1-2H3/b10-6-,12-8+,13-9+;;6-4-;;;;;. The predicted molar refractivity (Wildman–Crippen MR) is 190 cm³/mol. The lowest BCUT2D eigenvalue weighted by molar-refractivity contribution is 0.769. The molecule has 1 heteroatoms. The van der Waals surface area contributed by atoms with Crippen molar-refractivity contribution in [2.24, 2.45) is 11.8 Å². The SMILES string of the molecule is C/C=C(/C)CC.C=C/C(=C\C)C(C)C(/C=C\C)=C/C.CC.CC.CC.CC.CC.CCC1C=CC(C)=C1Cl. The van der Waals surface area contributed by atoms with Crippen molar-refractivity contribution in [3.63, 3.8) is 0 Å². The van der Waals surface area contributed by atoms with E-state index < -0.39 is 0 Å². The molecule has 1 aliphatic rings. The summed E-state index contributed by atoms with van der Waals surface area (Å²) in [5, 5.41) is 1.03. The Morgan fingerprint density at radius 2 is 1.26 bits per heavy atom. The van der Waals surface area contributed by atoms with Gasteiger partial charge in [-0.2, -0.15) is 0 Å². The molecule has 0 aromatic carbocycles. The molecule has 0 bridgehead atoms. The van der Waals surface area contributed by atoms with E-state index in [1.807, 2.05) is 82.2 Å². The number of hydrogen-bond donors (Lipinski definition) is 0. The molecule has 0 saturated heterocycles. The highest BCUT2D eigenvalue weighted by molar-refractivity contribution is 6.30. The molecule has 0 radical (unpaired) electrons. The van der Waals surface area contributed by atoms with E-state index in [1.165, 1.54) is 28.7 Å². The van der Waals surface area contributed by atoms with E-state index in [9.17, 15) is 0 Å². The van der Waals surface area contributed by atoms with Crippen molar-refractivity contribution in [3.05, 3.63) is 82.5 Å². The molecule has 0 heterocycles. The molecular formula is C37H73Cl. The van der Waals surface area contributed by atoms with Gasteiger partial charge in [0.25, 0.3) is 0 Å². The monoisotopic (exact) mass is 553 g/mol. The van der Waals surface area contributed by atoms with Gasteiger partial charge in [0, 0.05) is 16.9 Å². The van der Waals surface area contributed by atoms with Crippen molar-refractivity contribution in [3.8, 4) is 0 Å². The van der Waals surface area contributed by atoms with E-state index in [-0.39, 0.29) is 0 Å². The summed E-state index contributed by atoms with van der Waals surface area (Å²) < 4.78 is 0. The van der Waals surface area contributed by atoms with Gasteiger partial charge in [0.05, 0.1) is 0 Å². The van der Waals surface area contributed by atoms with Gasteiger partial charge in [0.1, 0.15) is 0 Å². The van der Waals surface area contributed by atoms with Gasteiger partial charge in [-0.3, -0.25) is 0 Å². The normalized spacial score (nSPS) is 14.4. The minimum atomic E-state index is 0.448. The highest BCUT2D eigenvalue weighted by atomic mass is 35.5. The molecule has 0 aromatic heterocycles. The third-order valence-corrected chi connectivity index (χ3v) is 5.61. The predicted octanol–water partition coefficient (Wildman–Crippen LogP) is 14.9. The lowest BCUT2D eigenvalue weighted by atomic mass is 9.92. The van der Waals surface area contributed by atoms with Gasteiger partial charge in [-0.15, -0.1) is 0 Å². The van der Waals surface area contributed by atoms with Gasteiger partial charge in [-0.25, -0.2) is 0 Å². The molecule has 1 aliphatic carbocycles. The fourth-order valence-corrected chi connectivity index (χ4v) is 2.95. The molecule has 2 unspecified atom stereocenters. The van der Waals surface area contributed by atoms with Crippen LogP contribution in [0.1, 0.15) is 144 Å². The van der Waals surface area contributed by atoms with Crippen LogP contribution in [0.2, 0.25) is 0 Å². The van der Waals surface area contributed by atoms with Crippen molar-refractivity contribution < 1.29 is 0 Å². The van der Waals surface area contributed by atoms with Crippen molar-refractivity contribution >= 4 is 11.6 Å². The van der Waals surface area contributed by atoms with E-state index in [1.54, 1.807) is 0 Å². The Bertz CT molecular complexity index is 621. The van der Waals surface area contributed by atoms with Crippen molar-refractivity contribution in [1.29, 1.82) is 0 Å². The second kappa shape index (κ2) is 48.5. The summed E-state index contributed by atoms with van der Waals surface area (Å²) in [5.41, 5.74) is 5.32. The molecule has 1 rings (SSSR count). The molecule has 0 aromatic rings. The summed E-state index contributed by atoms with van der Waals surface area (Å²) in [7, 11) is 0. The van der Waals surface area contributed by atoms with Crippen LogP contribution in [0, 0.1) is 11.8 Å². The first-order chi connectivity index (χ1) is 18.3. The van der Waals surface area contributed by atoms with Crippen molar-refractivity contribution in [2.75, 3.05) is 0 Å². The lowest BCUT2D eigenvalue weighted by Gasteiger charge is -2.13. The Hall–Kier alpha value is -1.53. The Balaban J connectivity index is -0.0000000673. The van der Waals surface area contributed by atoms with Crippen molar-refractivity contribution in [1.82, 2.24) is 0 Å². The van der Waals surface area contributed by atoms with Crippen LogP contribution in [0.25, 0.3) is 0 Å². The quantitative estimate of drug-likeness (QED) is 0.227. The molecule has 0 nitrogen and oxygen atoms in total. The summed E-state index contributed by atoms with van der Waals surface area (Å²) in [6.07, 6.45) is 19.1. The fourth-order valence-electron chi connectivity index (χ4n) is 2.66. The Morgan fingerprint density at radius 3 is 1.42 bits per heavy atom. The molecule has 0 N–H and O–H groups in total. The molecule has 0 aliphatic heterocycles. The van der Waals surface area contributed by atoms with Crippen LogP contribution >= 0.6 is 11.6 Å². The maximum Gasteiger partial charge on any atom is 0.0278 e. The lowest BCUT2D eigenvalue weighted by Crippen LogP contribution is -1.99. The summed E-state index contributed by atoms with van der Waals surface area (Å²) in [6, 6.07) is 0. The van der Waals surface area contributed by atoms with E-state index in [4.69, 9.17) is 11.6 Å². The zero-order valence-corrected chi connectivity index (χ0v) is 30.5. The molecule has 2 atom stereocenters. The van der Waals surface area contributed by atoms with Gasteiger partial charge in [-0.1, -0.05) is 162 Å². The maximum atomic E-state index is 5.95. The van der Waals surface area contributed by atoms with Gasteiger partial charge in [0.2, 0.25) is 0 Å². The first-order valence-electron chi connectivity index (χ1n) is 15.5. The van der Waals surface area contributed by atoms with Gasteiger partial charge in [-0.05, 0) is 71.1 Å². The van der Waals surface area contributed by atoms with Crippen LogP contribution in [0.15, 0.2) is 82.5 Å². The molecule has 38 heavy (non-hydrogen) atoms. The molecule has 0 spiro atoms. The fraction of sp³-hybridized carbons (Fsp3) is 0.622. The Kier molecular flexibility index (Phi) is 67.5. The summed E-state index contributed by atoms with van der Waals surface area (Å²) in [4.78, 5) is 0. The topological polar surface area (TPSA) is 0 Å². The van der Waals surface area contributed by atoms with Gasteiger partial charge in [0.15, 0.2) is 0 Å². The number of halogens is 1. The van der Waals surface area contributed by atoms with Gasteiger partial charge < -0.3 is 0 Å². The highest BCUT2D eigenvalue weighted by Crippen LogP contribution is 2.30. The molecular weight excluding hydrogens is 480 g/mol. The summed E-state index contributed by atoms with van der Waals surface area (Å²) in [5.74, 6) is 0.954. The Morgan fingerprint density at radius 1 is 0.842 bits per heavy atom. The zero-order valence-electron chi connectivity index (χ0n) is 29.8. The third-order valence-electron chi connectivity index (χ3n) is 5.03. The molecule has 228 valence electrons. The van der Waals surface area contributed by atoms with Crippen molar-refractivity contribution in [2.45, 2.75) is 144 Å². The molecule has 0 fully saturated rings. The third kappa shape index (κ3) is 32.5. The number of rotatable bonds is 6. The number of hydrogen-bond acceptors (Lipinski definition) is 0. The highest BCUT2D eigenvalue weighted by Gasteiger charge is 2.13. The average molecular weight is 553 g/mol. The summed E-state index contributed by atoms with van der Waals surface area (Å²) in [6.45, 7) is 42.7. The molecule has 0 amide bonds. The van der Waals surface area contributed by atoms with Crippen LogP contribution in [0.5, 0.6) is 0 Å². The van der Waals surface area contributed by atoms with Crippen LogP contribution in [-0.2, 0) is 0 Å². The first-order valence-corrected chi connectivity index (χ1v) is 15.9. The molecule has 0 saturated carbocycles. The van der Waals surface area contributed by atoms with E-state index in [0.29, 0.717) is 11.8 Å². The van der Waals surface area contributed by atoms with E-state index in [0.717, 1.165) is 11.5 Å². The van der Waals surface area contributed by atoms with Gasteiger partial charge >= 0.3 is 0 Å². The van der Waals surface area contributed by atoms with Crippen LogP contribution < -0.4 is 0 Å². The minimum absolute atomic E-state index is 0.448. The second-order valence-corrected chi connectivity index (χ2v) is 7.30. The van der Waals surface area contributed by atoms with Crippen LogP contribution in [0.3, 0.4) is 0 Å². The first kappa shape index (κ1) is 52.8. The largest absolute Gasteiger partial charge is 0.0988 e. The van der Waals surface area contributed by atoms with E-state index >= 15 is 0 Å². The second-order valence-electron chi connectivity index (χ2n) is 6.90. The Labute approximate surface area is 249 Å².